The lowest BCUT2D eigenvalue weighted by atomic mass is 10.2. The highest BCUT2D eigenvalue weighted by molar-refractivity contribution is 5.98. The van der Waals surface area contributed by atoms with Gasteiger partial charge < -0.3 is 10.1 Å². The molecule has 1 N–H and O–H groups in total. The average molecular weight is 274 g/mol. The van der Waals surface area contributed by atoms with E-state index in [0.29, 0.717) is 23.7 Å². The number of esters is 1. The fourth-order valence-corrected chi connectivity index (χ4v) is 1.55. The number of hydrogen-bond acceptors (Lipinski definition) is 6. The van der Waals surface area contributed by atoms with E-state index in [1.165, 1.54) is 13.4 Å². The Morgan fingerprint density at radius 2 is 2.30 bits per heavy atom. The Morgan fingerprint density at radius 1 is 1.50 bits per heavy atom. The van der Waals surface area contributed by atoms with Gasteiger partial charge in [-0.15, -0.1) is 0 Å². The summed E-state index contributed by atoms with van der Waals surface area (Å²) in [4.78, 5) is 15.7. The van der Waals surface area contributed by atoms with E-state index in [1.807, 2.05) is 6.92 Å². The number of carbonyl (C=O) groups excluding carboxylic acids is 1. The Balaban J connectivity index is 2.13. The molecule has 0 radical (unpaired) electrons. The van der Waals surface area contributed by atoms with Gasteiger partial charge in [-0.3, -0.25) is 0 Å². The van der Waals surface area contributed by atoms with Crippen LogP contribution in [-0.4, -0.2) is 39.6 Å². The van der Waals surface area contributed by atoms with Crippen LogP contribution in [-0.2, 0) is 11.3 Å². The van der Waals surface area contributed by atoms with Gasteiger partial charge in [0.2, 0.25) is 0 Å². The predicted octanol–water partition coefficient (Wildman–Crippen LogP) is 1.25. The number of hydrogen-bond donors (Lipinski definition) is 1. The lowest BCUT2D eigenvalue weighted by molar-refractivity contribution is 0.0602. The molecule has 8 heteroatoms. The summed E-state index contributed by atoms with van der Waals surface area (Å²) in [6.45, 7) is 2.54. The second-order valence-electron chi connectivity index (χ2n) is 3.73. The zero-order valence-electron chi connectivity index (χ0n) is 11.1. The number of ether oxygens (including phenoxy) is 1. The van der Waals surface area contributed by atoms with Crippen molar-refractivity contribution in [3.63, 3.8) is 0 Å². The molecule has 104 valence electrons. The van der Waals surface area contributed by atoms with E-state index in [2.05, 4.69) is 25.8 Å². The van der Waals surface area contributed by atoms with Gasteiger partial charge in [-0.2, -0.15) is 0 Å². The van der Waals surface area contributed by atoms with E-state index in [0.717, 1.165) is 0 Å². The van der Waals surface area contributed by atoms with Gasteiger partial charge in [-0.25, -0.2) is 14.5 Å². The number of anilines is 1. The van der Waals surface area contributed by atoms with Crippen LogP contribution < -0.4 is 5.32 Å². The van der Waals surface area contributed by atoms with Crippen molar-refractivity contribution in [1.29, 1.82) is 0 Å². The number of methoxy groups -OCH3 is 1. The third kappa shape index (κ3) is 2.97. The van der Waals surface area contributed by atoms with E-state index in [-0.39, 0.29) is 0 Å². The number of nitrogens with one attached hydrogen (secondary N) is 1. The molecular formula is C12H14N6O2. The Hall–Kier alpha value is -2.77. The molecule has 1 heterocycles. The monoisotopic (exact) mass is 274 g/mol. The molecule has 0 atom stereocenters. The summed E-state index contributed by atoms with van der Waals surface area (Å²) in [6.07, 6.45) is 1.43. The molecule has 8 nitrogen and oxygen atoms in total. The molecule has 0 bridgehead atoms. The molecule has 0 fully saturated rings. The predicted molar refractivity (Wildman–Crippen MR) is 73.0 cm³/mol. The van der Waals surface area contributed by atoms with E-state index in [1.54, 1.807) is 28.9 Å². The van der Waals surface area contributed by atoms with Gasteiger partial charge in [0.25, 0.3) is 5.95 Å². The normalized spacial score (nSPS) is 10.7. The maximum atomic E-state index is 11.6. The molecule has 0 spiro atoms. The molecule has 0 saturated carbocycles. The third-order valence-corrected chi connectivity index (χ3v) is 2.54. The second kappa shape index (κ2) is 6.41. The summed E-state index contributed by atoms with van der Waals surface area (Å²) in [7, 11) is 1.34. The number of benzene rings is 1. The lowest BCUT2D eigenvalue weighted by Crippen LogP contribution is -2.07. The van der Waals surface area contributed by atoms with Crippen molar-refractivity contribution in [3.8, 4) is 0 Å². The minimum atomic E-state index is -0.417. The van der Waals surface area contributed by atoms with Crippen molar-refractivity contribution in [2.75, 3.05) is 12.4 Å². The Bertz CT molecular complexity index is 622. The summed E-state index contributed by atoms with van der Waals surface area (Å²) in [5, 5.41) is 14.0. The maximum Gasteiger partial charge on any atom is 0.339 e. The summed E-state index contributed by atoms with van der Waals surface area (Å²) >= 11 is 0. The van der Waals surface area contributed by atoms with Crippen molar-refractivity contribution in [2.24, 2.45) is 4.99 Å². The number of aromatic nitrogens is 4. The Kier molecular flexibility index (Phi) is 4.38. The first kappa shape index (κ1) is 13.7. The number of rotatable bonds is 5. The van der Waals surface area contributed by atoms with E-state index >= 15 is 0 Å². The molecule has 0 unspecified atom stereocenters. The zero-order chi connectivity index (χ0) is 14.4. The van der Waals surface area contributed by atoms with Gasteiger partial charge in [0.1, 0.15) is 0 Å². The van der Waals surface area contributed by atoms with E-state index in [9.17, 15) is 4.79 Å². The van der Waals surface area contributed by atoms with E-state index < -0.39 is 5.97 Å². The third-order valence-electron chi connectivity index (χ3n) is 2.54. The quantitative estimate of drug-likeness (QED) is 0.501. The summed E-state index contributed by atoms with van der Waals surface area (Å²) in [5.74, 6) is -0.0320. The van der Waals surface area contributed by atoms with Gasteiger partial charge >= 0.3 is 5.97 Å². The molecule has 1 aromatic heterocycles. The first-order valence-electron chi connectivity index (χ1n) is 5.98. The van der Waals surface area contributed by atoms with Gasteiger partial charge in [0, 0.05) is 6.54 Å². The largest absolute Gasteiger partial charge is 0.465 e. The van der Waals surface area contributed by atoms with E-state index in [4.69, 9.17) is 4.74 Å². The van der Waals surface area contributed by atoms with Crippen LogP contribution in [0.3, 0.4) is 0 Å². The van der Waals surface area contributed by atoms with Crippen molar-refractivity contribution < 1.29 is 9.53 Å². The first-order valence-corrected chi connectivity index (χ1v) is 5.98. The van der Waals surface area contributed by atoms with Crippen LogP contribution in [0.2, 0.25) is 0 Å². The van der Waals surface area contributed by atoms with Gasteiger partial charge in [0.05, 0.1) is 24.7 Å². The zero-order valence-corrected chi connectivity index (χ0v) is 11.1. The van der Waals surface area contributed by atoms with Crippen LogP contribution in [0.15, 0.2) is 29.3 Å². The Labute approximate surface area is 115 Å². The van der Waals surface area contributed by atoms with Crippen LogP contribution >= 0.6 is 0 Å². The highest BCUT2D eigenvalue weighted by Crippen LogP contribution is 2.15. The molecule has 0 saturated heterocycles. The second-order valence-corrected chi connectivity index (χ2v) is 3.73. The molecule has 2 rings (SSSR count). The molecule has 0 aliphatic rings. The van der Waals surface area contributed by atoms with Gasteiger partial charge in [-0.05, 0) is 29.5 Å². The van der Waals surface area contributed by atoms with Crippen molar-refractivity contribution in [2.45, 2.75) is 13.5 Å². The van der Waals surface area contributed by atoms with Crippen molar-refractivity contribution in [1.82, 2.24) is 20.2 Å². The molecule has 0 aliphatic carbocycles. The van der Waals surface area contributed by atoms with Crippen LogP contribution in [0.4, 0.5) is 11.6 Å². The fourth-order valence-electron chi connectivity index (χ4n) is 1.55. The van der Waals surface area contributed by atoms with Crippen molar-refractivity contribution >= 4 is 23.9 Å². The van der Waals surface area contributed by atoms with Crippen LogP contribution in [0.25, 0.3) is 0 Å². The summed E-state index contributed by atoms with van der Waals surface area (Å²) < 4.78 is 6.25. The first-order chi connectivity index (χ1) is 9.76. The van der Waals surface area contributed by atoms with Crippen LogP contribution in [0.1, 0.15) is 17.3 Å². The molecule has 1 aromatic carbocycles. The average Bonchev–Trinajstić information content (AvgIpc) is 2.94. The molecule has 0 aliphatic heterocycles. The molecule has 0 amide bonds. The molecule has 2 aromatic rings. The number of aryl methyl sites for hydroxylation is 1. The lowest BCUT2D eigenvalue weighted by Gasteiger charge is -2.06. The smallest absolute Gasteiger partial charge is 0.339 e. The number of aliphatic imine (C=N–C) groups is 1. The number of nitrogens with zero attached hydrogens (tertiary/aromatic N) is 5. The SMILES string of the molecule is CCn1nnnc1/N=C/Nc1ccccc1C(=O)OC. The molecular weight excluding hydrogens is 260 g/mol. The summed E-state index contributed by atoms with van der Waals surface area (Å²) in [5.41, 5.74) is 1.02. The number of para-hydroxylation sites is 1. The highest BCUT2D eigenvalue weighted by atomic mass is 16.5. The number of carbonyl (C=O) groups is 1. The molecule has 20 heavy (non-hydrogen) atoms. The van der Waals surface area contributed by atoms with Crippen molar-refractivity contribution in [3.05, 3.63) is 29.8 Å². The maximum absolute atomic E-state index is 11.6. The van der Waals surface area contributed by atoms with Crippen LogP contribution in [0.5, 0.6) is 0 Å². The topological polar surface area (TPSA) is 94.3 Å². The fraction of sp³-hybridized carbons (Fsp3) is 0.250. The standard InChI is InChI=1S/C12H14N6O2/c1-3-18-12(15-16-17-18)14-8-13-10-7-5-4-6-9(10)11(19)20-2/h4-8H,3H2,1-2H3,(H,13,14,15,17). The highest BCUT2D eigenvalue weighted by Gasteiger charge is 2.09. The minimum absolute atomic E-state index is 0.385. The van der Waals surface area contributed by atoms with Crippen LogP contribution in [0, 0.1) is 0 Å². The van der Waals surface area contributed by atoms with Gasteiger partial charge in [0.15, 0.2) is 0 Å². The minimum Gasteiger partial charge on any atom is -0.465 e. The number of tetrazole rings is 1. The van der Waals surface area contributed by atoms with Gasteiger partial charge in [-0.1, -0.05) is 17.2 Å². The Morgan fingerprint density at radius 3 is 3.05 bits per heavy atom. The summed E-state index contributed by atoms with van der Waals surface area (Å²) in [6, 6.07) is 6.98.